The van der Waals surface area contributed by atoms with Crippen LogP contribution in [0.25, 0.3) is 0 Å². The highest BCUT2D eigenvalue weighted by Gasteiger charge is 2.18. The molecule has 0 heterocycles. The van der Waals surface area contributed by atoms with E-state index in [9.17, 15) is 13.2 Å². The predicted molar refractivity (Wildman–Crippen MR) is 76.8 cm³/mol. The number of ether oxygens (including phenoxy) is 1. The Balaban J connectivity index is 2.90. The van der Waals surface area contributed by atoms with Crippen LogP contribution in [-0.4, -0.2) is 46.4 Å². The number of hydrogen-bond donors (Lipinski definition) is 2. The minimum Gasteiger partial charge on any atom is -0.469 e. The molecule has 1 rings (SSSR count). The third kappa shape index (κ3) is 3.84. The van der Waals surface area contributed by atoms with E-state index in [1.54, 1.807) is 0 Å². The third-order valence-corrected chi connectivity index (χ3v) is 4.49. The summed E-state index contributed by atoms with van der Waals surface area (Å²) >= 11 is 0. The summed E-state index contributed by atoms with van der Waals surface area (Å²) in [6.45, 7) is 0.308. The summed E-state index contributed by atoms with van der Waals surface area (Å²) in [4.78, 5) is 11.1. The van der Waals surface area contributed by atoms with E-state index in [1.807, 2.05) is 0 Å². The maximum absolute atomic E-state index is 12.0. The highest BCUT2D eigenvalue weighted by molar-refractivity contribution is 7.89. The molecule has 0 aliphatic carbocycles. The summed E-state index contributed by atoms with van der Waals surface area (Å²) in [6.07, 6.45) is 0.167. The molecule has 112 valence electrons. The summed E-state index contributed by atoms with van der Waals surface area (Å²) in [5.41, 5.74) is 6.65. The first-order chi connectivity index (χ1) is 9.28. The fourth-order valence-electron chi connectivity index (χ4n) is 1.46. The molecule has 0 saturated heterocycles. The minimum atomic E-state index is -3.52. The number of esters is 1. The summed E-state index contributed by atoms with van der Waals surface area (Å²) in [7, 11) is 0.699. The summed E-state index contributed by atoms with van der Waals surface area (Å²) < 4.78 is 29.7. The Hall–Kier alpha value is -1.80. The van der Waals surface area contributed by atoms with E-state index < -0.39 is 10.0 Å². The molecule has 0 unspecified atom stereocenters. The number of carbonyl (C=O) groups is 1. The van der Waals surface area contributed by atoms with Crippen LogP contribution in [0.4, 0.5) is 11.4 Å². The van der Waals surface area contributed by atoms with Crippen LogP contribution in [0.1, 0.15) is 6.42 Å². The number of sulfonamides is 1. The first-order valence-corrected chi connectivity index (χ1v) is 7.35. The fourth-order valence-corrected chi connectivity index (χ4v) is 2.39. The van der Waals surface area contributed by atoms with Gasteiger partial charge in [0.25, 0.3) is 0 Å². The second-order valence-corrected chi connectivity index (χ2v) is 6.44. The van der Waals surface area contributed by atoms with Crippen molar-refractivity contribution in [3.05, 3.63) is 18.2 Å². The number of nitrogens with two attached hydrogens (primary N) is 1. The van der Waals surface area contributed by atoms with Crippen LogP contribution in [-0.2, 0) is 19.6 Å². The summed E-state index contributed by atoms with van der Waals surface area (Å²) in [5, 5.41) is 2.92. The lowest BCUT2D eigenvalue weighted by molar-refractivity contribution is -0.140. The Morgan fingerprint density at radius 3 is 2.60 bits per heavy atom. The normalized spacial score (nSPS) is 11.4. The number of anilines is 2. The lowest BCUT2D eigenvalue weighted by Crippen LogP contribution is -2.22. The van der Waals surface area contributed by atoms with Gasteiger partial charge in [0.1, 0.15) is 0 Å². The number of methoxy groups -OCH3 is 1. The molecule has 0 aromatic heterocycles. The molecule has 8 heteroatoms. The Bertz CT molecular complexity index is 584. The second-order valence-electron chi connectivity index (χ2n) is 4.29. The SMILES string of the molecule is COC(=O)CCNc1cc(S(=O)(=O)N(C)C)ccc1N. The van der Waals surface area contributed by atoms with Crippen molar-refractivity contribution in [2.24, 2.45) is 0 Å². The van der Waals surface area contributed by atoms with Crippen molar-refractivity contribution in [1.29, 1.82) is 0 Å². The van der Waals surface area contributed by atoms with Crippen molar-refractivity contribution in [1.82, 2.24) is 4.31 Å². The molecule has 20 heavy (non-hydrogen) atoms. The molecular weight excluding hydrogens is 282 g/mol. The average molecular weight is 301 g/mol. The smallest absolute Gasteiger partial charge is 0.307 e. The van der Waals surface area contributed by atoms with Gasteiger partial charge in [0.15, 0.2) is 0 Å². The van der Waals surface area contributed by atoms with E-state index in [1.165, 1.54) is 39.4 Å². The van der Waals surface area contributed by atoms with E-state index in [0.717, 1.165) is 4.31 Å². The van der Waals surface area contributed by atoms with Gasteiger partial charge in [0, 0.05) is 20.6 Å². The number of nitrogens with one attached hydrogen (secondary N) is 1. The number of carbonyl (C=O) groups excluding carboxylic acids is 1. The van der Waals surface area contributed by atoms with Gasteiger partial charge in [-0.1, -0.05) is 0 Å². The quantitative estimate of drug-likeness (QED) is 0.586. The van der Waals surface area contributed by atoms with Crippen LogP contribution in [0.2, 0.25) is 0 Å². The van der Waals surface area contributed by atoms with Crippen molar-refractivity contribution in [2.45, 2.75) is 11.3 Å². The molecule has 0 aliphatic heterocycles. The average Bonchev–Trinajstić information content (AvgIpc) is 2.40. The zero-order valence-corrected chi connectivity index (χ0v) is 12.5. The molecule has 0 aliphatic rings. The van der Waals surface area contributed by atoms with Gasteiger partial charge in [-0.05, 0) is 18.2 Å². The van der Waals surface area contributed by atoms with E-state index in [4.69, 9.17) is 5.73 Å². The van der Waals surface area contributed by atoms with E-state index in [0.29, 0.717) is 17.9 Å². The van der Waals surface area contributed by atoms with Crippen molar-refractivity contribution in [3.8, 4) is 0 Å². The van der Waals surface area contributed by atoms with Crippen molar-refractivity contribution < 1.29 is 17.9 Å². The van der Waals surface area contributed by atoms with Crippen molar-refractivity contribution in [3.63, 3.8) is 0 Å². The molecule has 0 amide bonds. The molecule has 0 bridgehead atoms. The molecule has 1 aromatic rings. The predicted octanol–water partition coefficient (Wildman–Crippen LogP) is 0.494. The maximum Gasteiger partial charge on any atom is 0.307 e. The number of nitrogens with zero attached hydrogens (tertiary/aromatic N) is 1. The maximum atomic E-state index is 12.0. The minimum absolute atomic E-state index is 0.136. The van der Waals surface area contributed by atoms with Crippen LogP contribution >= 0.6 is 0 Å². The first kappa shape index (κ1) is 16.3. The monoisotopic (exact) mass is 301 g/mol. The molecule has 0 saturated carbocycles. The molecule has 0 fully saturated rings. The number of nitrogen functional groups attached to an aromatic ring is 1. The van der Waals surface area contributed by atoms with Crippen LogP contribution in [0.3, 0.4) is 0 Å². The van der Waals surface area contributed by atoms with Crippen LogP contribution in [0.15, 0.2) is 23.1 Å². The molecular formula is C12H19N3O4S. The molecule has 1 aromatic carbocycles. The molecule has 7 nitrogen and oxygen atoms in total. The van der Waals surface area contributed by atoms with E-state index in [-0.39, 0.29) is 17.3 Å². The standard InChI is InChI=1S/C12H19N3O4S/c1-15(2)20(17,18)9-4-5-10(13)11(8-9)14-7-6-12(16)19-3/h4-5,8,14H,6-7,13H2,1-3H3. The van der Waals surface area contributed by atoms with Crippen molar-refractivity contribution >= 4 is 27.4 Å². The summed E-state index contributed by atoms with van der Waals surface area (Å²) in [5.74, 6) is -0.354. The molecule has 0 radical (unpaired) electrons. The van der Waals surface area contributed by atoms with E-state index in [2.05, 4.69) is 10.1 Å². The fraction of sp³-hybridized carbons (Fsp3) is 0.417. The topological polar surface area (TPSA) is 102 Å². The first-order valence-electron chi connectivity index (χ1n) is 5.91. The highest BCUT2D eigenvalue weighted by Crippen LogP contribution is 2.24. The second kappa shape index (κ2) is 6.58. The van der Waals surface area contributed by atoms with Gasteiger partial charge in [-0.15, -0.1) is 0 Å². The van der Waals surface area contributed by atoms with Gasteiger partial charge < -0.3 is 15.8 Å². The molecule has 3 N–H and O–H groups in total. The lowest BCUT2D eigenvalue weighted by atomic mass is 10.2. The van der Waals surface area contributed by atoms with Crippen molar-refractivity contribution in [2.75, 3.05) is 38.8 Å². The Labute approximate surface area is 118 Å². The lowest BCUT2D eigenvalue weighted by Gasteiger charge is -2.14. The number of benzene rings is 1. The zero-order chi connectivity index (χ0) is 15.3. The molecule has 0 spiro atoms. The highest BCUT2D eigenvalue weighted by atomic mass is 32.2. The molecule has 0 atom stereocenters. The largest absolute Gasteiger partial charge is 0.469 e. The van der Waals surface area contributed by atoms with E-state index >= 15 is 0 Å². The van der Waals surface area contributed by atoms with Crippen LogP contribution in [0, 0.1) is 0 Å². The van der Waals surface area contributed by atoms with Crippen LogP contribution < -0.4 is 11.1 Å². The number of hydrogen-bond acceptors (Lipinski definition) is 6. The van der Waals surface area contributed by atoms with Gasteiger partial charge in [-0.25, -0.2) is 12.7 Å². The van der Waals surface area contributed by atoms with Gasteiger partial charge in [0.05, 0.1) is 29.8 Å². The van der Waals surface area contributed by atoms with Gasteiger partial charge >= 0.3 is 5.97 Å². The Morgan fingerprint density at radius 1 is 1.40 bits per heavy atom. The van der Waals surface area contributed by atoms with Gasteiger partial charge in [-0.2, -0.15) is 0 Å². The zero-order valence-electron chi connectivity index (χ0n) is 11.7. The number of rotatable bonds is 6. The Kier molecular flexibility index (Phi) is 5.34. The van der Waals surface area contributed by atoms with Gasteiger partial charge in [-0.3, -0.25) is 4.79 Å². The van der Waals surface area contributed by atoms with Gasteiger partial charge in [0.2, 0.25) is 10.0 Å². The summed E-state index contributed by atoms with van der Waals surface area (Å²) in [6, 6.07) is 4.40. The third-order valence-electron chi connectivity index (χ3n) is 2.68. The Morgan fingerprint density at radius 2 is 2.05 bits per heavy atom. The van der Waals surface area contributed by atoms with Crippen LogP contribution in [0.5, 0.6) is 0 Å².